The molecule has 0 unspecified atom stereocenters. The molecule has 1 saturated heterocycles. The van der Waals surface area contributed by atoms with Gasteiger partial charge in [-0.15, -0.1) is 0 Å². The summed E-state index contributed by atoms with van der Waals surface area (Å²) in [5, 5.41) is 0. The molecule has 1 aliphatic heterocycles. The van der Waals surface area contributed by atoms with Crippen LogP contribution in [0, 0.1) is 5.41 Å². The molecular formula is C10H11BrN2O. The Morgan fingerprint density at radius 2 is 2.21 bits per heavy atom. The number of halogens is 1. The third-order valence-electron chi connectivity index (χ3n) is 2.37. The third kappa shape index (κ3) is 1.43. The van der Waals surface area contributed by atoms with Crippen LogP contribution in [-0.4, -0.2) is 17.4 Å². The van der Waals surface area contributed by atoms with Gasteiger partial charge < -0.3 is 0 Å². The maximum Gasteiger partial charge on any atom is 0.235 e. The molecule has 0 atom stereocenters. The van der Waals surface area contributed by atoms with Crippen LogP contribution in [0.15, 0.2) is 22.8 Å². The normalized spacial score (nSPS) is 19.4. The molecule has 0 aliphatic carbocycles. The van der Waals surface area contributed by atoms with Gasteiger partial charge >= 0.3 is 0 Å². The van der Waals surface area contributed by atoms with E-state index in [2.05, 4.69) is 20.9 Å². The van der Waals surface area contributed by atoms with Gasteiger partial charge in [-0.05, 0) is 41.9 Å². The molecular weight excluding hydrogens is 244 g/mol. The van der Waals surface area contributed by atoms with Gasteiger partial charge in [0.05, 0.1) is 5.41 Å². The molecule has 3 nitrogen and oxygen atoms in total. The number of β-lactam (4-membered cyclic amide) rings is 1. The number of carbonyl (C=O) groups is 1. The van der Waals surface area contributed by atoms with Gasteiger partial charge in [0, 0.05) is 17.2 Å². The van der Waals surface area contributed by atoms with Crippen molar-refractivity contribution in [1.29, 1.82) is 0 Å². The van der Waals surface area contributed by atoms with Gasteiger partial charge in [0.2, 0.25) is 5.91 Å². The van der Waals surface area contributed by atoms with E-state index in [1.807, 2.05) is 26.0 Å². The fourth-order valence-corrected chi connectivity index (χ4v) is 1.76. The fraction of sp³-hybridized carbons (Fsp3) is 0.400. The number of amides is 1. The molecule has 1 aromatic heterocycles. The Labute approximate surface area is 91.3 Å². The number of aromatic nitrogens is 1. The Morgan fingerprint density at radius 3 is 2.64 bits per heavy atom. The highest BCUT2D eigenvalue weighted by atomic mass is 79.9. The predicted octanol–water partition coefficient (Wildman–Crippen LogP) is 2.22. The van der Waals surface area contributed by atoms with Gasteiger partial charge in [0.1, 0.15) is 5.82 Å². The molecule has 0 spiro atoms. The number of anilines is 1. The molecule has 1 aromatic rings. The minimum Gasteiger partial charge on any atom is -0.295 e. The quantitative estimate of drug-likeness (QED) is 0.721. The van der Waals surface area contributed by atoms with E-state index in [0.29, 0.717) is 0 Å². The lowest BCUT2D eigenvalue weighted by atomic mass is 9.83. The highest BCUT2D eigenvalue weighted by Crippen LogP contribution is 2.34. The first-order chi connectivity index (χ1) is 6.50. The molecule has 74 valence electrons. The summed E-state index contributed by atoms with van der Waals surface area (Å²) < 4.78 is 0.925. The van der Waals surface area contributed by atoms with Gasteiger partial charge in [-0.25, -0.2) is 4.98 Å². The van der Waals surface area contributed by atoms with E-state index in [1.54, 1.807) is 11.1 Å². The molecule has 2 heterocycles. The van der Waals surface area contributed by atoms with Crippen LogP contribution in [0.4, 0.5) is 5.82 Å². The fourth-order valence-electron chi connectivity index (χ4n) is 1.52. The van der Waals surface area contributed by atoms with E-state index in [4.69, 9.17) is 0 Å². The van der Waals surface area contributed by atoms with Crippen molar-refractivity contribution in [3.8, 4) is 0 Å². The second kappa shape index (κ2) is 3.05. The van der Waals surface area contributed by atoms with Crippen molar-refractivity contribution in [3.05, 3.63) is 22.8 Å². The summed E-state index contributed by atoms with van der Waals surface area (Å²) in [7, 11) is 0. The van der Waals surface area contributed by atoms with Gasteiger partial charge in [-0.1, -0.05) is 0 Å². The first-order valence-electron chi connectivity index (χ1n) is 4.44. The van der Waals surface area contributed by atoms with Crippen molar-refractivity contribution in [2.45, 2.75) is 13.8 Å². The largest absolute Gasteiger partial charge is 0.295 e. The van der Waals surface area contributed by atoms with E-state index in [9.17, 15) is 4.79 Å². The standard InChI is InChI=1S/C10H11BrN2O/c1-10(2)6-13(9(10)14)8-4-3-7(11)5-12-8/h3-5H,6H2,1-2H3. The van der Waals surface area contributed by atoms with Crippen LogP contribution >= 0.6 is 15.9 Å². The Hall–Kier alpha value is -0.900. The van der Waals surface area contributed by atoms with E-state index in [-0.39, 0.29) is 11.3 Å². The van der Waals surface area contributed by atoms with Crippen molar-refractivity contribution in [1.82, 2.24) is 4.98 Å². The molecule has 0 saturated carbocycles. The molecule has 14 heavy (non-hydrogen) atoms. The smallest absolute Gasteiger partial charge is 0.235 e. The minimum absolute atomic E-state index is 0.146. The Balaban J connectivity index is 2.20. The molecule has 0 radical (unpaired) electrons. The highest BCUT2D eigenvalue weighted by Gasteiger charge is 2.45. The van der Waals surface area contributed by atoms with Crippen molar-refractivity contribution in [2.24, 2.45) is 5.41 Å². The van der Waals surface area contributed by atoms with Crippen molar-refractivity contribution in [3.63, 3.8) is 0 Å². The van der Waals surface area contributed by atoms with Crippen LogP contribution in [0.3, 0.4) is 0 Å². The number of hydrogen-bond acceptors (Lipinski definition) is 2. The van der Waals surface area contributed by atoms with Crippen LogP contribution in [0.1, 0.15) is 13.8 Å². The van der Waals surface area contributed by atoms with Crippen LogP contribution < -0.4 is 4.90 Å². The van der Waals surface area contributed by atoms with E-state index >= 15 is 0 Å². The molecule has 0 aromatic carbocycles. The number of carbonyl (C=O) groups excluding carboxylic acids is 1. The van der Waals surface area contributed by atoms with Crippen molar-refractivity contribution in [2.75, 3.05) is 11.4 Å². The van der Waals surface area contributed by atoms with E-state index in [0.717, 1.165) is 16.8 Å². The average Bonchev–Trinajstić information content (AvgIpc) is 2.16. The topological polar surface area (TPSA) is 33.2 Å². The molecule has 4 heteroatoms. The Kier molecular flexibility index (Phi) is 2.10. The number of rotatable bonds is 1. The Morgan fingerprint density at radius 1 is 1.50 bits per heavy atom. The maximum atomic E-state index is 11.6. The zero-order valence-electron chi connectivity index (χ0n) is 8.12. The monoisotopic (exact) mass is 254 g/mol. The summed E-state index contributed by atoms with van der Waals surface area (Å²) in [6.45, 7) is 4.65. The van der Waals surface area contributed by atoms with Crippen LogP contribution in [-0.2, 0) is 4.79 Å². The van der Waals surface area contributed by atoms with E-state index in [1.165, 1.54) is 0 Å². The van der Waals surface area contributed by atoms with Crippen molar-refractivity contribution >= 4 is 27.7 Å². The lowest BCUT2D eigenvalue weighted by Gasteiger charge is -2.43. The maximum absolute atomic E-state index is 11.6. The molecule has 0 bridgehead atoms. The average molecular weight is 255 g/mol. The SMILES string of the molecule is CC1(C)CN(c2ccc(Br)cn2)C1=O. The molecule has 1 amide bonds. The first kappa shape index (κ1) is 9.65. The summed E-state index contributed by atoms with van der Waals surface area (Å²) in [5.41, 5.74) is -0.214. The third-order valence-corrected chi connectivity index (χ3v) is 2.83. The zero-order valence-corrected chi connectivity index (χ0v) is 9.71. The summed E-state index contributed by atoms with van der Waals surface area (Å²) in [6, 6.07) is 3.73. The van der Waals surface area contributed by atoms with Crippen molar-refractivity contribution < 1.29 is 4.79 Å². The molecule has 2 rings (SSSR count). The summed E-state index contributed by atoms with van der Waals surface area (Å²) in [5.74, 6) is 0.879. The number of hydrogen-bond donors (Lipinski definition) is 0. The van der Waals surface area contributed by atoms with Crippen LogP contribution in [0.2, 0.25) is 0 Å². The van der Waals surface area contributed by atoms with E-state index < -0.39 is 0 Å². The second-order valence-electron chi connectivity index (χ2n) is 4.11. The summed E-state index contributed by atoms with van der Waals surface area (Å²) in [4.78, 5) is 17.5. The molecule has 0 N–H and O–H groups in total. The molecule has 1 aliphatic rings. The Bertz CT molecular complexity index is 372. The summed E-state index contributed by atoms with van der Waals surface area (Å²) >= 11 is 3.31. The lowest BCUT2D eigenvalue weighted by molar-refractivity contribution is -0.132. The molecule has 1 fully saturated rings. The lowest BCUT2D eigenvalue weighted by Crippen LogP contribution is -2.59. The van der Waals surface area contributed by atoms with Crippen LogP contribution in [0.5, 0.6) is 0 Å². The minimum atomic E-state index is -0.214. The van der Waals surface area contributed by atoms with Gasteiger partial charge in [-0.3, -0.25) is 9.69 Å². The first-order valence-corrected chi connectivity index (χ1v) is 5.23. The van der Waals surface area contributed by atoms with Crippen LogP contribution in [0.25, 0.3) is 0 Å². The predicted molar refractivity (Wildman–Crippen MR) is 58.1 cm³/mol. The van der Waals surface area contributed by atoms with Gasteiger partial charge in [0.25, 0.3) is 0 Å². The number of nitrogens with zero attached hydrogens (tertiary/aromatic N) is 2. The zero-order chi connectivity index (χ0) is 10.3. The highest BCUT2D eigenvalue weighted by molar-refractivity contribution is 9.10. The summed E-state index contributed by atoms with van der Waals surface area (Å²) in [6.07, 6.45) is 1.70. The van der Waals surface area contributed by atoms with Gasteiger partial charge in [-0.2, -0.15) is 0 Å². The second-order valence-corrected chi connectivity index (χ2v) is 5.03. The van der Waals surface area contributed by atoms with Gasteiger partial charge in [0.15, 0.2) is 0 Å². The number of pyridine rings is 1.